The molecule has 1 aliphatic heterocycles. The fourth-order valence-corrected chi connectivity index (χ4v) is 2.46. The van der Waals surface area contributed by atoms with Gasteiger partial charge in [-0.25, -0.2) is 4.79 Å². The minimum Gasteiger partial charge on any atom is -0.458 e. The summed E-state index contributed by atoms with van der Waals surface area (Å²) in [7, 11) is 0. The van der Waals surface area contributed by atoms with E-state index < -0.39 is 17.1 Å². The van der Waals surface area contributed by atoms with Crippen molar-refractivity contribution in [1.82, 2.24) is 0 Å². The predicted molar refractivity (Wildman–Crippen MR) is 75.5 cm³/mol. The Labute approximate surface area is 121 Å². The molecule has 1 heterocycles. The van der Waals surface area contributed by atoms with Gasteiger partial charge in [0.2, 0.25) is 0 Å². The third-order valence-corrected chi connectivity index (χ3v) is 3.39. The van der Waals surface area contributed by atoms with Gasteiger partial charge in [-0.1, -0.05) is 22.0 Å². The molecule has 0 aromatic heterocycles. The Morgan fingerprint density at radius 3 is 2.79 bits per heavy atom. The minimum atomic E-state index is -1.23. The number of rotatable bonds is 1. The number of fused-ring (bicyclic) bond motifs is 1. The fraction of sp³-hybridized carbons (Fsp3) is 0.500. The number of halogens is 1. The number of esters is 1. The number of carbonyl (C=O) groups is 1. The van der Waals surface area contributed by atoms with Crippen LogP contribution in [0.5, 0.6) is 0 Å². The van der Waals surface area contributed by atoms with Gasteiger partial charge in [0.25, 0.3) is 0 Å². The molecule has 0 saturated carbocycles. The van der Waals surface area contributed by atoms with Crippen molar-refractivity contribution in [1.29, 1.82) is 0 Å². The van der Waals surface area contributed by atoms with E-state index in [4.69, 9.17) is 15.2 Å². The quantitative estimate of drug-likeness (QED) is 0.805. The van der Waals surface area contributed by atoms with Crippen LogP contribution >= 0.6 is 15.9 Å². The highest BCUT2D eigenvalue weighted by molar-refractivity contribution is 9.10. The monoisotopic (exact) mass is 327 g/mol. The maximum Gasteiger partial charge on any atom is 0.333 e. The summed E-state index contributed by atoms with van der Waals surface area (Å²) in [5.41, 5.74) is 6.13. The standard InChI is InChI=1S/C14H18BrNO3/c1-13(2,3)19-12(17)14(16)8-18-7-9-6-10(15)4-5-11(9)14/h4-6H,7-8,16H2,1-3H3. The second-order valence-corrected chi connectivity index (χ2v) is 6.68. The maximum absolute atomic E-state index is 12.3. The maximum atomic E-state index is 12.3. The highest BCUT2D eigenvalue weighted by atomic mass is 79.9. The van der Waals surface area contributed by atoms with E-state index in [2.05, 4.69) is 15.9 Å². The van der Waals surface area contributed by atoms with Crippen LogP contribution in [0, 0.1) is 0 Å². The molecule has 0 fully saturated rings. The molecule has 104 valence electrons. The highest BCUT2D eigenvalue weighted by Gasteiger charge is 2.43. The van der Waals surface area contributed by atoms with E-state index in [0.29, 0.717) is 6.61 Å². The fourth-order valence-electron chi connectivity index (χ4n) is 2.05. The third-order valence-electron chi connectivity index (χ3n) is 2.90. The molecule has 0 radical (unpaired) electrons. The molecular weight excluding hydrogens is 310 g/mol. The normalized spacial score (nSPS) is 22.8. The van der Waals surface area contributed by atoms with Crippen molar-refractivity contribution in [2.45, 2.75) is 38.5 Å². The van der Waals surface area contributed by atoms with Crippen LogP contribution in [-0.4, -0.2) is 18.2 Å². The minimum absolute atomic E-state index is 0.135. The molecule has 4 nitrogen and oxygen atoms in total. The lowest BCUT2D eigenvalue weighted by molar-refractivity contribution is -0.166. The van der Waals surface area contributed by atoms with Gasteiger partial charge < -0.3 is 15.2 Å². The Bertz CT molecular complexity index is 510. The van der Waals surface area contributed by atoms with E-state index in [-0.39, 0.29) is 6.61 Å². The van der Waals surface area contributed by atoms with E-state index in [1.807, 2.05) is 39.0 Å². The molecule has 0 aliphatic carbocycles. The Balaban J connectivity index is 2.38. The number of ether oxygens (including phenoxy) is 2. The summed E-state index contributed by atoms with van der Waals surface area (Å²) < 4.78 is 11.8. The Hall–Kier alpha value is -0.910. The molecule has 1 aromatic rings. The van der Waals surface area contributed by atoms with Gasteiger partial charge in [0.1, 0.15) is 5.60 Å². The number of hydrogen-bond donors (Lipinski definition) is 1. The molecule has 1 unspecified atom stereocenters. The van der Waals surface area contributed by atoms with E-state index >= 15 is 0 Å². The highest BCUT2D eigenvalue weighted by Crippen LogP contribution is 2.32. The number of nitrogens with two attached hydrogens (primary N) is 1. The molecule has 0 bridgehead atoms. The van der Waals surface area contributed by atoms with Crippen LogP contribution in [0.1, 0.15) is 31.9 Å². The van der Waals surface area contributed by atoms with Crippen molar-refractivity contribution in [3.63, 3.8) is 0 Å². The summed E-state index contributed by atoms with van der Waals surface area (Å²) in [6.07, 6.45) is 0. The summed E-state index contributed by atoms with van der Waals surface area (Å²) in [4.78, 5) is 12.3. The van der Waals surface area contributed by atoms with Crippen LogP contribution in [0.25, 0.3) is 0 Å². The zero-order valence-electron chi connectivity index (χ0n) is 11.3. The first kappa shape index (κ1) is 14.5. The number of benzene rings is 1. The van der Waals surface area contributed by atoms with Gasteiger partial charge in [-0.3, -0.25) is 0 Å². The lowest BCUT2D eigenvalue weighted by atomic mass is 9.86. The summed E-state index contributed by atoms with van der Waals surface area (Å²) in [6, 6.07) is 5.64. The molecule has 0 amide bonds. The van der Waals surface area contributed by atoms with Crippen molar-refractivity contribution < 1.29 is 14.3 Å². The molecule has 2 N–H and O–H groups in total. The van der Waals surface area contributed by atoms with Crippen molar-refractivity contribution in [2.75, 3.05) is 6.61 Å². The average molecular weight is 328 g/mol. The van der Waals surface area contributed by atoms with Crippen LogP contribution in [0.4, 0.5) is 0 Å². The number of hydrogen-bond acceptors (Lipinski definition) is 4. The van der Waals surface area contributed by atoms with Crippen molar-refractivity contribution >= 4 is 21.9 Å². The van der Waals surface area contributed by atoms with Crippen LogP contribution in [0.3, 0.4) is 0 Å². The van der Waals surface area contributed by atoms with Gasteiger partial charge in [0, 0.05) is 4.47 Å². The van der Waals surface area contributed by atoms with Crippen molar-refractivity contribution in [3.8, 4) is 0 Å². The summed E-state index contributed by atoms with van der Waals surface area (Å²) in [6.45, 7) is 6.05. The molecule has 1 aliphatic rings. The topological polar surface area (TPSA) is 61.5 Å². The van der Waals surface area contributed by atoms with Crippen molar-refractivity contribution in [2.24, 2.45) is 5.73 Å². The third kappa shape index (κ3) is 2.99. The zero-order chi connectivity index (χ0) is 14.3. The van der Waals surface area contributed by atoms with Gasteiger partial charge >= 0.3 is 5.97 Å². The smallest absolute Gasteiger partial charge is 0.333 e. The van der Waals surface area contributed by atoms with Crippen molar-refractivity contribution in [3.05, 3.63) is 33.8 Å². The average Bonchev–Trinajstić information content (AvgIpc) is 2.26. The Kier molecular flexibility index (Phi) is 3.73. The van der Waals surface area contributed by atoms with Gasteiger partial charge in [-0.15, -0.1) is 0 Å². The molecule has 2 rings (SSSR count). The molecule has 19 heavy (non-hydrogen) atoms. The second kappa shape index (κ2) is 4.89. The first-order valence-corrected chi connectivity index (χ1v) is 6.91. The summed E-state index contributed by atoms with van der Waals surface area (Å²) >= 11 is 3.40. The van der Waals surface area contributed by atoms with Crippen LogP contribution in [-0.2, 0) is 26.4 Å². The second-order valence-electron chi connectivity index (χ2n) is 5.77. The molecular formula is C14H18BrNO3. The number of carbonyl (C=O) groups excluding carboxylic acids is 1. The van der Waals surface area contributed by atoms with Gasteiger partial charge in [0.05, 0.1) is 13.2 Å². The van der Waals surface area contributed by atoms with E-state index in [1.54, 1.807) is 0 Å². The molecule has 1 aromatic carbocycles. The first-order chi connectivity index (χ1) is 8.72. The Morgan fingerprint density at radius 2 is 2.16 bits per heavy atom. The Morgan fingerprint density at radius 1 is 1.47 bits per heavy atom. The zero-order valence-corrected chi connectivity index (χ0v) is 12.9. The summed E-state index contributed by atoms with van der Waals surface area (Å²) in [5, 5.41) is 0. The van der Waals surface area contributed by atoms with E-state index in [9.17, 15) is 4.79 Å². The summed E-state index contributed by atoms with van der Waals surface area (Å²) in [5.74, 6) is -0.455. The lowest BCUT2D eigenvalue weighted by Crippen LogP contribution is -2.53. The largest absolute Gasteiger partial charge is 0.458 e. The van der Waals surface area contributed by atoms with Crippen LogP contribution < -0.4 is 5.73 Å². The molecule has 1 atom stereocenters. The van der Waals surface area contributed by atoms with Crippen LogP contribution in [0.15, 0.2) is 22.7 Å². The molecule has 0 spiro atoms. The molecule has 5 heteroatoms. The van der Waals surface area contributed by atoms with Gasteiger partial charge in [0.15, 0.2) is 5.54 Å². The predicted octanol–water partition coefficient (Wildman–Crippen LogP) is 2.48. The van der Waals surface area contributed by atoms with Gasteiger partial charge in [-0.05, 0) is 44.0 Å². The van der Waals surface area contributed by atoms with Gasteiger partial charge in [-0.2, -0.15) is 0 Å². The molecule has 0 saturated heterocycles. The first-order valence-electron chi connectivity index (χ1n) is 6.11. The SMILES string of the molecule is CC(C)(C)OC(=O)C1(N)COCc2cc(Br)ccc21. The lowest BCUT2D eigenvalue weighted by Gasteiger charge is -2.35. The van der Waals surface area contributed by atoms with Crippen LogP contribution in [0.2, 0.25) is 0 Å². The van der Waals surface area contributed by atoms with E-state index in [0.717, 1.165) is 15.6 Å². The van der Waals surface area contributed by atoms with E-state index in [1.165, 1.54) is 0 Å².